The molecule has 0 saturated carbocycles. The summed E-state index contributed by atoms with van der Waals surface area (Å²) in [6.45, 7) is 3.53. The molecule has 0 amide bonds. The lowest BCUT2D eigenvalue weighted by molar-refractivity contribution is 0.0339. The van der Waals surface area contributed by atoms with E-state index in [0.29, 0.717) is 31.1 Å². The van der Waals surface area contributed by atoms with Crippen molar-refractivity contribution in [1.82, 2.24) is 4.90 Å². The number of phenolic OH excluding ortho intramolecular Hbond substituents is 1. The van der Waals surface area contributed by atoms with E-state index in [2.05, 4.69) is 4.90 Å². The first-order chi connectivity index (χ1) is 8.65. The highest BCUT2D eigenvalue weighted by atomic mass is 16.6. The quantitative estimate of drug-likeness (QED) is 0.632. The Balaban J connectivity index is 2.10. The molecule has 1 saturated heterocycles. The Labute approximate surface area is 106 Å². The van der Waals surface area contributed by atoms with Crippen LogP contribution in [0.1, 0.15) is 5.56 Å². The number of phenols is 1. The summed E-state index contributed by atoms with van der Waals surface area (Å²) < 4.78 is 10.1. The van der Waals surface area contributed by atoms with Crippen molar-refractivity contribution in [2.45, 2.75) is 6.54 Å². The number of aromatic hydroxyl groups is 1. The first kappa shape index (κ1) is 13.2. The summed E-state index contributed by atoms with van der Waals surface area (Å²) in [4.78, 5) is 2.15. The highest BCUT2D eigenvalue weighted by Gasteiger charge is 2.17. The molecule has 0 spiro atoms. The van der Waals surface area contributed by atoms with Gasteiger partial charge in [-0.1, -0.05) is 0 Å². The third-order valence-corrected chi connectivity index (χ3v) is 2.77. The zero-order valence-electron chi connectivity index (χ0n) is 9.95. The Bertz CT molecular complexity index is 395. The molecule has 1 fully saturated rings. The van der Waals surface area contributed by atoms with Crippen molar-refractivity contribution in [3.05, 3.63) is 23.8 Å². The Kier molecular flexibility index (Phi) is 4.43. The van der Waals surface area contributed by atoms with Gasteiger partial charge in [0, 0.05) is 25.2 Å². The fourth-order valence-electron chi connectivity index (χ4n) is 1.92. The lowest BCUT2D eigenvalue weighted by Crippen LogP contribution is -2.35. The molecule has 98 valence electrons. The minimum Gasteiger partial charge on any atom is -0.512 e. The standard InChI is InChI=1S/C11H16BNO5/c14-10-1-2-11(18-12(15)16)9(7-10)8-13-3-5-17-6-4-13/h1-2,7,14-16H,3-6,8H2. The van der Waals surface area contributed by atoms with Crippen LogP contribution < -0.4 is 4.65 Å². The largest absolute Gasteiger partial charge is 0.707 e. The van der Waals surface area contributed by atoms with Gasteiger partial charge < -0.3 is 24.5 Å². The molecule has 2 rings (SSSR count). The number of hydrogen-bond acceptors (Lipinski definition) is 6. The summed E-state index contributed by atoms with van der Waals surface area (Å²) in [7, 11) is -1.86. The van der Waals surface area contributed by atoms with Crippen LogP contribution in [0.15, 0.2) is 18.2 Å². The van der Waals surface area contributed by atoms with Crippen LogP contribution in [0.4, 0.5) is 0 Å². The molecule has 3 N–H and O–H groups in total. The molecule has 0 bridgehead atoms. The van der Waals surface area contributed by atoms with Crippen molar-refractivity contribution in [1.29, 1.82) is 0 Å². The first-order valence-electron chi connectivity index (χ1n) is 5.80. The molecule has 7 heteroatoms. The Morgan fingerprint density at radius 1 is 1.28 bits per heavy atom. The normalized spacial score (nSPS) is 16.6. The number of hydrogen-bond donors (Lipinski definition) is 3. The number of morpholine rings is 1. The number of ether oxygens (including phenoxy) is 1. The fourth-order valence-corrected chi connectivity index (χ4v) is 1.92. The van der Waals surface area contributed by atoms with Crippen LogP contribution in [-0.2, 0) is 11.3 Å². The second-order valence-corrected chi connectivity index (χ2v) is 4.12. The second kappa shape index (κ2) is 6.06. The molecule has 0 unspecified atom stereocenters. The van der Waals surface area contributed by atoms with Gasteiger partial charge in [-0.3, -0.25) is 4.90 Å². The van der Waals surface area contributed by atoms with Gasteiger partial charge in [0.15, 0.2) is 0 Å². The van der Waals surface area contributed by atoms with E-state index in [1.54, 1.807) is 6.07 Å². The lowest BCUT2D eigenvalue weighted by Gasteiger charge is -2.27. The molecule has 0 aromatic heterocycles. The van der Waals surface area contributed by atoms with Crippen LogP contribution in [0, 0.1) is 0 Å². The predicted octanol–water partition coefficient (Wildman–Crippen LogP) is -0.427. The summed E-state index contributed by atoms with van der Waals surface area (Å²) in [5.41, 5.74) is 0.713. The molecule has 1 aliphatic rings. The van der Waals surface area contributed by atoms with Gasteiger partial charge in [-0.05, 0) is 18.2 Å². The number of nitrogens with zero attached hydrogens (tertiary/aromatic N) is 1. The van der Waals surface area contributed by atoms with Crippen LogP contribution in [0.3, 0.4) is 0 Å². The lowest BCUT2D eigenvalue weighted by atomic mass is 10.1. The van der Waals surface area contributed by atoms with Gasteiger partial charge in [0.05, 0.1) is 13.2 Å². The maximum atomic E-state index is 9.48. The zero-order valence-corrected chi connectivity index (χ0v) is 9.95. The predicted molar refractivity (Wildman–Crippen MR) is 65.0 cm³/mol. The first-order valence-corrected chi connectivity index (χ1v) is 5.80. The number of rotatable bonds is 4. The maximum Gasteiger partial charge on any atom is 0.707 e. The van der Waals surface area contributed by atoms with Gasteiger partial charge in [0.1, 0.15) is 11.5 Å². The highest BCUT2D eigenvalue weighted by Crippen LogP contribution is 2.25. The van der Waals surface area contributed by atoms with Gasteiger partial charge >= 0.3 is 7.32 Å². The minimum absolute atomic E-state index is 0.123. The van der Waals surface area contributed by atoms with E-state index >= 15 is 0 Å². The van der Waals surface area contributed by atoms with Crippen molar-refractivity contribution in [3.63, 3.8) is 0 Å². The van der Waals surface area contributed by atoms with Crippen molar-refractivity contribution in [2.24, 2.45) is 0 Å². The zero-order chi connectivity index (χ0) is 13.0. The van der Waals surface area contributed by atoms with Gasteiger partial charge in [-0.2, -0.15) is 0 Å². The van der Waals surface area contributed by atoms with E-state index in [4.69, 9.17) is 19.4 Å². The fraction of sp³-hybridized carbons (Fsp3) is 0.455. The van der Waals surface area contributed by atoms with E-state index < -0.39 is 7.32 Å². The average Bonchev–Trinajstić information content (AvgIpc) is 2.33. The Morgan fingerprint density at radius 3 is 2.67 bits per heavy atom. The molecule has 1 heterocycles. The van der Waals surface area contributed by atoms with Crippen molar-refractivity contribution < 1.29 is 24.5 Å². The molecule has 18 heavy (non-hydrogen) atoms. The second-order valence-electron chi connectivity index (χ2n) is 4.12. The summed E-state index contributed by atoms with van der Waals surface area (Å²) in [6.07, 6.45) is 0. The Morgan fingerprint density at radius 2 is 2.00 bits per heavy atom. The summed E-state index contributed by atoms with van der Waals surface area (Å²) in [5.74, 6) is 0.479. The van der Waals surface area contributed by atoms with E-state index in [1.807, 2.05) is 0 Å². The molecule has 1 aromatic carbocycles. The smallest absolute Gasteiger partial charge is 0.512 e. The number of benzene rings is 1. The molecule has 1 aromatic rings. The van der Waals surface area contributed by atoms with E-state index in [-0.39, 0.29) is 5.75 Å². The van der Waals surface area contributed by atoms with E-state index in [0.717, 1.165) is 13.1 Å². The summed E-state index contributed by atoms with van der Waals surface area (Å²) in [5, 5.41) is 27.2. The third-order valence-electron chi connectivity index (χ3n) is 2.77. The summed E-state index contributed by atoms with van der Waals surface area (Å²) >= 11 is 0. The van der Waals surface area contributed by atoms with E-state index in [1.165, 1.54) is 12.1 Å². The summed E-state index contributed by atoms with van der Waals surface area (Å²) in [6, 6.07) is 4.53. The molecule has 0 aliphatic carbocycles. The van der Waals surface area contributed by atoms with Gasteiger partial charge in [-0.15, -0.1) is 0 Å². The average molecular weight is 253 g/mol. The molecule has 1 aliphatic heterocycles. The maximum absolute atomic E-state index is 9.48. The van der Waals surface area contributed by atoms with Crippen molar-refractivity contribution in [3.8, 4) is 11.5 Å². The Hall–Kier alpha value is -1.28. The van der Waals surface area contributed by atoms with Crippen molar-refractivity contribution in [2.75, 3.05) is 26.3 Å². The van der Waals surface area contributed by atoms with Crippen LogP contribution >= 0.6 is 0 Å². The van der Waals surface area contributed by atoms with Crippen molar-refractivity contribution >= 4 is 7.32 Å². The van der Waals surface area contributed by atoms with Crippen LogP contribution in [0.25, 0.3) is 0 Å². The molecule has 6 nitrogen and oxygen atoms in total. The van der Waals surface area contributed by atoms with Crippen LogP contribution in [0.2, 0.25) is 0 Å². The van der Waals surface area contributed by atoms with Crippen LogP contribution in [-0.4, -0.2) is 53.7 Å². The molecular weight excluding hydrogens is 237 g/mol. The van der Waals surface area contributed by atoms with Crippen LogP contribution in [0.5, 0.6) is 11.5 Å². The molecular formula is C11H16BNO5. The van der Waals surface area contributed by atoms with Gasteiger partial charge in [0.25, 0.3) is 0 Å². The third kappa shape index (κ3) is 3.61. The highest BCUT2D eigenvalue weighted by molar-refractivity contribution is 6.33. The molecule has 0 atom stereocenters. The minimum atomic E-state index is -1.86. The topological polar surface area (TPSA) is 82.4 Å². The van der Waals surface area contributed by atoms with Gasteiger partial charge in [-0.25, -0.2) is 0 Å². The SMILES string of the molecule is OB(O)Oc1ccc(O)cc1CN1CCOCC1. The van der Waals surface area contributed by atoms with Gasteiger partial charge in [0.2, 0.25) is 0 Å². The monoisotopic (exact) mass is 253 g/mol. The molecule has 0 radical (unpaired) electrons. The van der Waals surface area contributed by atoms with E-state index in [9.17, 15) is 5.11 Å².